The summed E-state index contributed by atoms with van der Waals surface area (Å²) in [7, 11) is 1.87. The molecular formula is C7H7N3S. The van der Waals surface area contributed by atoms with Gasteiger partial charge in [-0.3, -0.25) is 4.68 Å². The highest BCUT2D eigenvalue weighted by atomic mass is 32.1. The largest absolute Gasteiger partial charge is 0.255 e. The molecule has 0 N–H and O–H groups in total. The summed E-state index contributed by atoms with van der Waals surface area (Å²) in [6.45, 7) is 0. The number of nitrogens with zero attached hydrogens (tertiary/aromatic N) is 3. The van der Waals surface area contributed by atoms with Crippen molar-refractivity contribution >= 4 is 11.3 Å². The maximum atomic E-state index is 4.17. The number of hydrogen-bond donors (Lipinski definition) is 0. The second-order valence-electron chi connectivity index (χ2n) is 2.22. The quantitative estimate of drug-likeness (QED) is 0.641. The first-order valence-electron chi connectivity index (χ1n) is 3.26. The van der Waals surface area contributed by atoms with E-state index in [1.165, 1.54) is 0 Å². The normalized spacial score (nSPS) is 10.3. The van der Waals surface area contributed by atoms with Gasteiger partial charge in [-0.1, -0.05) is 6.07 Å². The molecule has 2 heterocycles. The van der Waals surface area contributed by atoms with Crippen LogP contribution in [0.3, 0.4) is 0 Å². The summed E-state index contributed by atoms with van der Waals surface area (Å²) < 4.78 is 1.70. The van der Waals surface area contributed by atoms with E-state index in [1.54, 1.807) is 22.3 Å². The van der Waals surface area contributed by atoms with Gasteiger partial charge in [-0.25, -0.2) is 4.98 Å². The van der Waals surface area contributed by atoms with E-state index in [2.05, 4.69) is 10.1 Å². The van der Waals surface area contributed by atoms with Gasteiger partial charge in [0.25, 0.3) is 0 Å². The maximum absolute atomic E-state index is 4.17. The summed E-state index contributed by atoms with van der Waals surface area (Å²) in [6, 6.07) is 4.01. The zero-order valence-electron chi connectivity index (χ0n) is 6.06. The third-order valence-corrected chi connectivity index (χ3v) is 2.21. The molecule has 0 amide bonds. The van der Waals surface area contributed by atoms with Gasteiger partial charge >= 0.3 is 0 Å². The molecule has 2 aromatic heterocycles. The standard InChI is InChI=1S/C7H7N3S/c1-10-5-8-7(9-10)6-3-2-4-11-6/h2-5H,1H3. The van der Waals surface area contributed by atoms with Crippen LogP contribution in [0.2, 0.25) is 0 Å². The molecule has 0 unspecified atom stereocenters. The topological polar surface area (TPSA) is 30.7 Å². The Hall–Kier alpha value is -1.16. The van der Waals surface area contributed by atoms with Gasteiger partial charge in [0.1, 0.15) is 6.33 Å². The van der Waals surface area contributed by atoms with E-state index in [4.69, 9.17) is 0 Å². The molecule has 0 aliphatic carbocycles. The Morgan fingerprint density at radius 3 is 3.00 bits per heavy atom. The first kappa shape index (κ1) is 6.54. The van der Waals surface area contributed by atoms with Crippen molar-refractivity contribution in [3.05, 3.63) is 23.8 Å². The minimum atomic E-state index is 0.808. The van der Waals surface area contributed by atoms with Gasteiger partial charge in [-0.15, -0.1) is 11.3 Å². The smallest absolute Gasteiger partial charge is 0.191 e. The van der Waals surface area contributed by atoms with Crippen molar-refractivity contribution in [1.29, 1.82) is 0 Å². The molecule has 2 aromatic rings. The van der Waals surface area contributed by atoms with E-state index >= 15 is 0 Å². The summed E-state index contributed by atoms with van der Waals surface area (Å²) in [4.78, 5) is 5.24. The number of thiophene rings is 1. The fourth-order valence-corrected chi connectivity index (χ4v) is 1.52. The van der Waals surface area contributed by atoms with Crippen molar-refractivity contribution in [3.8, 4) is 10.7 Å². The van der Waals surface area contributed by atoms with Crippen LogP contribution in [0, 0.1) is 0 Å². The minimum Gasteiger partial charge on any atom is -0.255 e. The predicted octanol–water partition coefficient (Wildman–Crippen LogP) is 1.54. The Morgan fingerprint density at radius 1 is 1.55 bits per heavy atom. The molecule has 0 atom stereocenters. The molecule has 4 heteroatoms. The van der Waals surface area contributed by atoms with Crippen molar-refractivity contribution < 1.29 is 0 Å². The van der Waals surface area contributed by atoms with E-state index in [0.29, 0.717) is 0 Å². The highest BCUT2D eigenvalue weighted by molar-refractivity contribution is 7.13. The van der Waals surface area contributed by atoms with Gasteiger partial charge in [0, 0.05) is 7.05 Å². The van der Waals surface area contributed by atoms with Gasteiger partial charge in [-0.2, -0.15) is 5.10 Å². The Morgan fingerprint density at radius 2 is 2.45 bits per heavy atom. The predicted molar refractivity (Wildman–Crippen MR) is 44.3 cm³/mol. The SMILES string of the molecule is Cn1cnc(-c2cccs2)n1. The Labute approximate surface area is 68.3 Å². The lowest BCUT2D eigenvalue weighted by atomic mass is 10.5. The molecule has 0 spiro atoms. The van der Waals surface area contributed by atoms with Crippen LogP contribution in [-0.2, 0) is 7.05 Å². The molecule has 0 saturated heterocycles. The maximum Gasteiger partial charge on any atom is 0.191 e. The average molecular weight is 165 g/mol. The van der Waals surface area contributed by atoms with Crippen LogP contribution in [0.15, 0.2) is 23.8 Å². The van der Waals surface area contributed by atoms with E-state index in [9.17, 15) is 0 Å². The number of aryl methyl sites for hydroxylation is 1. The van der Waals surface area contributed by atoms with Crippen LogP contribution in [0.5, 0.6) is 0 Å². The zero-order chi connectivity index (χ0) is 7.68. The van der Waals surface area contributed by atoms with E-state index in [1.807, 2.05) is 24.6 Å². The van der Waals surface area contributed by atoms with E-state index in [-0.39, 0.29) is 0 Å². The lowest BCUT2D eigenvalue weighted by Crippen LogP contribution is -1.86. The van der Waals surface area contributed by atoms with Crippen LogP contribution in [0.4, 0.5) is 0 Å². The molecular weight excluding hydrogens is 158 g/mol. The van der Waals surface area contributed by atoms with Crippen molar-refractivity contribution in [1.82, 2.24) is 14.8 Å². The van der Waals surface area contributed by atoms with E-state index in [0.717, 1.165) is 10.7 Å². The van der Waals surface area contributed by atoms with Crippen LogP contribution in [0.25, 0.3) is 10.7 Å². The third kappa shape index (κ3) is 1.17. The Kier molecular flexibility index (Phi) is 1.47. The number of rotatable bonds is 1. The number of aromatic nitrogens is 3. The second kappa shape index (κ2) is 2.47. The molecule has 0 bridgehead atoms. The van der Waals surface area contributed by atoms with Crippen molar-refractivity contribution in [2.45, 2.75) is 0 Å². The number of hydrogen-bond acceptors (Lipinski definition) is 3. The first-order chi connectivity index (χ1) is 5.36. The van der Waals surface area contributed by atoms with Crippen LogP contribution >= 0.6 is 11.3 Å². The van der Waals surface area contributed by atoms with Crippen LogP contribution in [-0.4, -0.2) is 14.8 Å². The molecule has 0 aliphatic rings. The van der Waals surface area contributed by atoms with E-state index < -0.39 is 0 Å². The molecule has 0 radical (unpaired) electrons. The molecule has 0 aromatic carbocycles. The fraction of sp³-hybridized carbons (Fsp3) is 0.143. The summed E-state index contributed by atoms with van der Waals surface area (Å²) in [5, 5.41) is 6.19. The lowest BCUT2D eigenvalue weighted by molar-refractivity contribution is 0.768. The van der Waals surface area contributed by atoms with Crippen LogP contribution in [0.1, 0.15) is 0 Å². The summed E-state index contributed by atoms with van der Waals surface area (Å²) in [5.41, 5.74) is 0. The molecule has 2 rings (SSSR count). The highest BCUT2D eigenvalue weighted by Crippen LogP contribution is 2.19. The summed E-state index contributed by atoms with van der Waals surface area (Å²) >= 11 is 1.65. The van der Waals surface area contributed by atoms with Crippen molar-refractivity contribution in [2.75, 3.05) is 0 Å². The average Bonchev–Trinajstić information content (AvgIpc) is 2.55. The molecule has 0 aliphatic heterocycles. The van der Waals surface area contributed by atoms with Gasteiger partial charge < -0.3 is 0 Å². The Bertz CT molecular complexity index is 336. The van der Waals surface area contributed by atoms with Crippen LogP contribution < -0.4 is 0 Å². The van der Waals surface area contributed by atoms with Gasteiger partial charge in [0.05, 0.1) is 4.88 Å². The molecule has 56 valence electrons. The summed E-state index contributed by atoms with van der Waals surface area (Å²) in [6.07, 6.45) is 1.70. The fourth-order valence-electron chi connectivity index (χ4n) is 0.858. The van der Waals surface area contributed by atoms with Gasteiger partial charge in [-0.05, 0) is 11.4 Å². The Balaban J connectivity index is 2.45. The molecule has 3 nitrogen and oxygen atoms in total. The molecule has 0 saturated carbocycles. The highest BCUT2D eigenvalue weighted by Gasteiger charge is 2.01. The molecule has 0 fully saturated rings. The minimum absolute atomic E-state index is 0.808. The van der Waals surface area contributed by atoms with Gasteiger partial charge in [0.15, 0.2) is 5.82 Å². The van der Waals surface area contributed by atoms with Crippen molar-refractivity contribution in [2.24, 2.45) is 7.05 Å². The zero-order valence-corrected chi connectivity index (χ0v) is 6.88. The lowest BCUT2D eigenvalue weighted by Gasteiger charge is -1.84. The van der Waals surface area contributed by atoms with Crippen molar-refractivity contribution in [3.63, 3.8) is 0 Å². The first-order valence-corrected chi connectivity index (χ1v) is 4.14. The third-order valence-electron chi connectivity index (χ3n) is 1.34. The monoisotopic (exact) mass is 165 g/mol. The summed E-state index contributed by atoms with van der Waals surface area (Å²) in [5.74, 6) is 0.808. The second-order valence-corrected chi connectivity index (χ2v) is 3.17. The molecule has 11 heavy (non-hydrogen) atoms. The van der Waals surface area contributed by atoms with Gasteiger partial charge in [0.2, 0.25) is 0 Å².